The van der Waals surface area contributed by atoms with Crippen LogP contribution in [-0.2, 0) is 14.8 Å². The fourth-order valence-corrected chi connectivity index (χ4v) is 6.62. The lowest BCUT2D eigenvalue weighted by Gasteiger charge is -2.12. The highest BCUT2D eigenvalue weighted by molar-refractivity contribution is 7.93. The Hall–Kier alpha value is -3.40. The highest BCUT2D eigenvalue weighted by atomic mass is 35.5. The maximum Gasteiger partial charge on any atom is 0.348 e. The number of hydrogen-bond donors (Lipinski definition) is 2. The van der Waals surface area contributed by atoms with Crippen molar-refractivity contribution in [1.82, 2.24) is 0 Å². The lowest BCUT2D eigenvalue weighted by Crippen LogP contribution is -2.18. The SMILES string of the molecule is CCOC(=O)c1sc(NS(=O)(=O)c2cccc3cccc(Cl)c23)c(C(=O)Nc2ccccc2)c1C. The van der Waals surface area contributed by atoms with Crippen molar-refractivity contribution in [2.75, 3.05) is 16.6 Å². The van der Waals surface area contributed by atoms with E-state index in [0.717, 1.165) is 11.3 Å². The average molecular weight is 529 g/mol. The molecule has 0 saturated carbocycles. The van der Waals surface area contributed by atoms with Gasteiger partial charge >= 0.3 is 5.97 Å². The molecule has 0 atom stereocenters. The van der Waals surface area contributed by atoms with Gasteiger partial charge in [0.25, 0.3) is 15.9 Å². The summed E-state index contributed by atoms with van der Waals surface area (Å²) in [6, 6.07) is 18.6. The van der Waals surface area contributed by atoms with E-state index in [4.69, 9.17) is 16.3 Å². The number of ether oxygens (including phenoxy) is 1. The van der Waals surface area contributed by atoms with Crippen LogP contribution in [-0.4, -0.2) is 26.9 Å². The number of carbonyl (C=O) groups is 2. The highest BCUT2D eigenvalue weighted by Gasteiger charge is 2.29. The first-order chi connectivity index (χ1) is 16.7. The minimum Gasteiger partial charge on any atom is -0.462 e. The second-order valence-corrected chi connectivity index (χ2v) is 10.6. The molecule has 4 aromatic rings. The Morgan fingerprint density at radius 2 is 1.69 bits per heavy atom. The van der Waals surface area contributed by atoms with E-state index in [0.29, 0.717) is 22.0 Å². The third kappa shape index (κ3) is 5.02. The molecule has 0 bridgehead atoms. The van der Waals surface area contributed by atoms with Gasteiger partial charge in [-0.1, -0.05) is 54.1 Å². The van der Waals surface area contributed by atoms with Crippen LogP contribution in [0, 0.1) is 6.92 Å². The molecule has 35 heavy (non-hydrogen) atoms. The molecule has 0 aliphatic heterocycles. The predicted octanol–water partition coefficient (Wildman–Crippen LogP) is 6.09. The summed E-state index contributed by atoms with van der Waals surface area (Å²) in [4.78, 5) is 25.8. The summed E-state index contributed by atoms with van der Waals surface area (Å²) in [5, 5.41) is 4.04. The standard InChI is InChI=1S/C25H21ClN2O5S2/c1-3-33-25(30)22-15(2)20(23(29)27-17-11-5-4-6-12-17)24(34-22)28-35(31,32)19-14-8-10-16-9-7-13-18(26)21(16)19/h4-14,28H,3H2,1-2H3,(H,27,29). The number of rotatable bonds is 7. The van der Waals surface area contributed by atoms with Crippen molar-refractivity contribution >= 4 is 66.3 Å². The van der Waals surface area contributed by atoms with Crippen molar-refractivity contribution in [3.63, 3.8) is 0 Å². The summed E-state index contributed by atoms with van der Waals surface area (Å²) < 4.78 is 34.6. The molecule has 0 spiro atoms. The van der Waals surface area contributed by atoms with Gasteiger partial charge in [0, 0.05) is 16.1 Å². The molecule has 2 N–H and O–H groups in total. The number of nitrogens with one attached hydrogen (secondary N) is 2. The van der Waals surface area contributed by atoms with Gasteiger partial charge in [0.2, 0.25) is 0 Å². The smallest absolute Gasteiger partial charge is 0.348 e. The zero-order chi connectivity index (χ0) is 25.2. The van der Waals surface area contributed by atoms with Crippen LogP contribution in [0.15, 0.2) is 71.6 Å². The van der Waals surface area contributed by atoms with Gasteiger partial charge in [-0.3, -0.25) is 9.52 Å². The number of fused-ring (bicyclic) bond motifs is 1. The van der Waals surface area contributed by atoms with Crippen molar-refractivity contribution < 1.29 is 22.7 Å². The molecule has 0 saturated heterocycles. The Labute approximate surface area is 211 Å². The molecule has 1 heterocycles. The molecule has 180 valence electrons. The summed E-state index contributed by atoms with van der Waals surface area (Å²) in [6.45, 7) is 3.38. The van der Waals surface area contributed by atoms with Gasteiger partial charge in [0.1, 0.15) is 9.88 Å². The lowest BCUT2D eigenvalue weighted by atomic mass is 10.1. The largest absolute Gasteiger partial charge is 0.462 e. The molecule has 4 rings (SSSR count). The van der Waals surface area contributed by atoms with E-state index in [-0.39, 0.29) is 32.0 Å². The Kier molecular flexibility index (Phi) is 7.11. The summed E-state index contributed by atoms with van der Waals surface area (Å²) in [6.07, 6.45) is 0. The zero-order valence-electron chi connectivity index (χ0n) is 18.8. The lowest BCUT2D eigenvalue weighted by molar-refractivity contribution is 0.0531. The van der Waals surface area contributed by atoms with Crippen LogP contribution in [0.25, 0.3) is 10.8 Å². The Bertz CT molecular complexity index is 1530. The summed E-state index contributed by atoms with van der Waals surface area (Å²) in [5.41, 5.74) is 0.878. The first-order valence-corrected chi connectivity index (χ1v) is 13.3. The molecular formula is C25H21ClN2O5S2. The van der Waals surface area contributed by atoms with Crippen LogP contribution in [0.1, 0.15) is 32.5 Å². The topological polar surface area (TPSA) is 102 Å². The molecular weight excluding hydrogens is 508 g/mol. The molecule has 10 heteroatoms. The molecule has 0 fully saturated rings. The van der Waals surface area contributed by atoms with Gasteiger partial charge < -0.3 is 10.1 Å². The summed E-state index contributed by atoms with van der Waals surface area (Å²) >= 11 is 7.18. The maximum absolute atomic E-state index is 13.5. The normalized spacial score (nSPS) is 11.3. The van der Waals surface area contributed by atoms with Gasteiger partial charge in [0.05, 0.1) is 17.1 Å². The summed E-state index contributed by atoms with van der Waals surface area (Å²) in [7, 11) is -4.19. The van der Waals surface area contributed by atoms with E-state index < -0.39 is 21.9 Å². The number of thiophene rings is 1. The van der Waals surface area contributed by atoms with E-state index >= 15 is 0 Å². The second kappa shape index (κ2) is 10.1. The predicted molar refractivity (Wildman–Crippen MR) is 139 cm³/mol. The average Bonchev–Trinajstić information content (AvgIpc) is 3.15. The number of para-hydroxylation sites is 1. The molecule has 3 aromatic carbocycles. The molecule has 0 aliphatic carbocycles. The van der Waals surface area contributed by atoms with Crippen LogP contribution in [0.3, 0.4) is 0 Å². The maximum atomic E-state index is 13.5. The van der Waals surface area contributed by atoms with Crippen molar-refractivity contribution in [2.24, 2.45) is 0 Å². The minimum absolute atomic E-state index is 0.00282. The van der Waals surface area contributed by atoms with E-state index in [1.807, 2.05) is 0 Å². The van der Waals surface area contributed by atoms with Crippen LogP contribution in [0.2, 0.25) is 5.02 Å². The van der Waals surface area contributed by atoms with Gasteiger partial charge in [-0.25, -0.2) is 13.2 Å². The highest BCUT2D eigenvalue weighted by Crippen LogP contribution is 2.37. The molecule has 1 amide bonds. The number of benzene rings is 3. The van der Waals surface area contributed by atoms with Crippen LogP contribution < -0.4 is 10.0 Å². The second-order valence-electron chi connectivity index (χ2n) is 7.50. The van der Waals surface area contributed by atoms with Crippen molar-refractivity contribution in [1.29, 1.82) is 0 Å². The van der Waals surface area contributed by atoms with E-state index in [9.17, 15) is 18.0 Å². The van der Waals surface area contributed by atoms with Crippen LogP contribution in [0.4, 0.5) is 10.7 Å². The molecule has 0 aliphatic rings. The number of sulfonamides is 1. The number of carbonyl (C=O) groups excluding carboxylic acids is 2. The number of hydrogen-bond acceptors (Lipinski definition) is 6. The third-order valence-corrected chi connectivity index (χ3v) is 8.22. The Balaban J connectivity index is 1.81. The van der Waals surface area contributed by atoms with Crippen molar-refractivity contribution in [3.05, 3.63) is 87.8 Å². The molecule has 1 aromatic heterocycles. The minimum atomic E-state index is -4.19. The molecule has 0 radical (unpaired) electrons. The fraction of sp³-hybridized carbons (Fsp3) is 0.120. The number of esters is 1. The van der Waals surface area contributed by atoms with Gasteiger partial charge in [-0.05, 0) is 49.1 Å². The monoisotopic (exact) mass is 528 g/mol. The van der Waals surface area contributed by atoms with Gasteiger partial charge in [-0.2, -0.15) is 0 Å². The zero-order valence-corrected chi connectivity index (χ0v) is 21.2. The van der Waals surface area contributed by atoms with Crippen molar-refractivity contribution in [3.8, 4) is 0 Å². The van der Waals surface area contributed by atoms with Crippen LogP contribution in [0.5, 0.6) is 0 Å². The van der Waals surface area contributed by atoms with Crippen LogP contribution >= 0.6 is 22.9 Å². The number of amides is 1. The van der Waals surface area contributed by atoms with E-state index in [1.54, 1.807) is 74.5 Å². The summed E-state index contributed by atoms with van der Waals surface area (Å²) in [5.74, 6) is -1.20. The van der Waals surface area contributed by atoms with E-state index in [2.05, 4.69) is 10.0 Å². The first-order valence-electron chi connectivity index (χ1n) is 10.6. The number of anilines is 2. The van der Waals surface area contributed by atoms with Crippen molar-refractivity contribution in [2.45, 2.75) is 18.7 Å². The molecule has 0 unspecified atom stereocenters. The Morgan fingerprint density at radius 3 is 2.37 bits per heavy atom. The van der Waals surface area contributed by atoms with E-state index in [1.165, 1.54) is 6.07 Å². The Morgan fingerprint density at radius 1 is 1.00 bits per heavy atom. The molecule has 7 nitrogen and oxygen atoms in total. The van der Waals surface area contributed by atoms with Gasteiger partial charge in [-0.15, -0.1) is 11.3 Å². The fourth-order valence-electron chi connectivity index (χ4n) is 3.63. The number of halogens is 1. The quantitative estimate of drug-likeness (QED) is 0.282. The van der Waals surface area contributed by atoms with Gasteiger partial charge in [0.15, 0.2) is 0 Å². The third-order valence-electron chi connectivity index (χ3n) is 5.20. The first kappa shape index (κ1) is 24.7.